The van der Waals surface area contributed by atoms with Crippen molar-refractivity contribution >= 4 is 23.4 Å². The number of likely N-dealkylation sites (tertiary alicyclic amines) is 1. The highest BCUT2D eigenvalue weighted by atomic mass is 35.5. The molecule has 6 nitrogen and oxygen atoms in total. The van der Waals surface area contributed by atoms with Gasteiger partial charge in [-0.05, 0) is 36.6 Å². The Balaban J connectivity index is 1.64. The van der Waals surface area contributed by atoms with Crippen molar-refractivity contribution in [2.75, 3.05) is 26.3 Å². The number of rotatable bonds is 5. The molecule has 0 aliphatic carbocycles. The zero-order valence-corrected chi connectivity index (χ0v) is 16.6. The Hall–Kier alpha value is -1.63. The summed E-state index contributed by atoms with van der Waals surface area (Å²) in [6.07, 6.45) is 1.92. The maximum atomic E-state index is 13.1. The van der Waals surface area contributed by atoms with Crippen LogP contribution in [0.25, 0.3) is 0 Å². The molecular weight excluding hydrogens is 368 g/mol. The molecule has 0 radical (unpaired) electrons. The molecule has 1 aromatic carbocycles. The van der Waals surface area contributed by atoms with E-state index in [0.29, 0.717) is 56.2 Å². The van der Waals surface area contributed by atoms with E-state index in [1.807, 2.05) is 18.7 Å². The molecule has 1 unspecified atom stereocenters. The molecule has 2 saturated heterocycles. The first-order valence-electron chi connectivity index (χ1n) is 9.52. The first kappa shape index (κ1) is 20.1. The van der Waals surface area contributed by atoms with Crippen LogP contribution >= 0.6 is 11.6 Å². The van der Waals surface area contributed by atoms with Crippen molar-refractivity contribution in [2.45, 2.75) is 44.9 Å². The fraction of sp³-hybridized carbons (Fsp3) is 0.600. The van der Waals surface area contributed by atoms with Crippen LogP contribution in [0.5, 0.6) is 0 Å². The predicted molar refractivity (Wildman–Crippen MR) is 103 cm³/mol. The maximum absolute atomic E-state index is 13.1. The van der Waals surface area contributed by atoms with Gasteiger partial charge in [-0.15, -0.1) is 0 Å². The molecule has 2 heterocycles. The van der Waals surface area contributed by atoms with Crippen LogP contribution in [0.4, 0.5) is 0 Å². The molecule has 148 valence electrons. The minimum absolute atomic E-state index is 0.0427. The lowest BCUT2D eigenvalue weighted by Crippen LogP contribution is -2.54. The van der Waals surface area contributed by atoms with Crippen molar-refractivity contribution in [3.8, 4) is 0 Å². The molecule has 0 aromatic heterocycles. The topological polar surface area (TPSA) is 67.9 Å². The molecular formula is C20H27ClN2O4. The van der Waals surface area contributed by atoms with E-state index in [-0.39, 0.29) is 17.7 Å². The standard InChI is InChI=1S/C20H27ClN2O4/c1-14(2)13-17(22-18(24)15-3-5-16(21)6-4-15)19(25)23-9-7-20(8-10-23)26-11-12-27-20/h3-6,14,17H,7-13H2,1-2H3,(H,22,24). The Morgan fingerprint density at radius 1 is 1.15 bits per heavy atom. The van der Waals surface area contributed by atoms with E-state index in [4.69, 9.17) is 21.1 Å². The van der Waals surface area contributed by atoms with Gasteiger partial charge < -0.3 is 19.7 Å². The number of ether oxygens (including phenoxy) is 2. The lowest BCUT2D eigenvalue weighted by Gasteiger charge is -2.39. The first-order chi connectivity index (χ1) is 12.9. The Morgan fingerprint density at radius 2 is 1.74 bits per heavy atom. The maximum Gasteiger partial charge on any atom is 0.251 e. The molecule has 0 bridgehead atoms. The molecule has 2 fully saturated rings. The van der Waals surface area contributed by atoms with E-state index in [2.05, 4.69) is 5.32 Å². The third-order valence-corrected chi connectivity index (χ3v) is 5.32. The van der Waals surface area contributed by atoms with Gasteiger partial charge in [0.25, 0.3) is 5.91 Å². The number of piperidine rings is 1. The quantitative estimate of drug-likeness (QED) is 0.833. The Bertz CT molecular complexity index is 661. The normalized spacial score (nSPS) is 20.1. The van der Waals surface area contributed by atoms with Gasteiger partial charge in [0.15, 0.2) is 5.79 Å². The Kier molecular flexibility index (Phi) is 6.40. The average molecular weight is 395 g/mol. The second-order valence-corrected chi connectivity index (χ2v) is 8.03. The summed E-state index contributed by atoms with van der Waals surface area (Å²) < 4.78 is 11.5. The van der Waals surface area contributed by atoms with Crippen LogP contribution in [-0.4, -0.2) is 54.8 Å². The lowest BCUT2D eigenvalue weighted by molar-refractivity contribution is -0.188. The van der Waals surface area contributed by atoms with Crippen LogP contribution in [0, 0.1) is 5.92 Å². The fourth-order valence-electron chi connectivity index (χ4n) is 3.61. The minimum Gasteiger partial charge on any atom is -0.347 e. The van der Waals surface area contributed by atoms with Crippen LogP contribution in [0.2, 0.25) is 5.02 Å². The number of hydrogen-bond donors (Lipinski definition) is 1. The summed E-state index contributed by atoms with van der Waals surface area (Å²) in [5, 5.41) is 3.48. The smallest absolute Gasteiger partial charge is 0.251 e. The van der Waals surface area contributed by atoms with E-state index >= 15 is 0 Å². The van der Waals surface area contributed by atoms with Gasteiger partial charge in [0.2, 0.25) is 5.91 Å². The van der Waals surface area contributed by atoms with Gasteiger partial charge in [0, 0.05) is 36.5 Å². The Labute approximate surface area is 165 Å². The number of nitrogens with one attached hydrogen (secondary N) is 1. The van der Waals surface area contributed by atoms with Crippen molar-refractivity contribution < 1.29 is 19.1 Å². The summed E-state index contributed by atoms with van der Waals surface area (Å²) >= 11 is 5.88. The van der Waals surface area contributed by atoms with Crippen molar-refractivity contribution in [1.29, 1.82) is 0 Å². The lowest BCUT2D eigenvalue weighted by atomic mass is 9.99. The second-order valence-electron chi connectivity index (χ2n) is 7.60. The Morgan fingerprint density at radius 3 is 2.30 bits per heavy atom. The molecule has 7 heteroatoms. The summed E-state index contributed by atoms with van der Waals surface area (Å²) in [6, 6.07) is 6.11. The number of carbonyl (C=O) groups excluding carboxylic acids is 2. The predicted octanol–water partition coefficient (Wildman–Crippen LogP) is 2.85. The number of benzene rings is 1. The molecule has 1 atom stereocenters. The van der Waals surface area contributed by atoms with Crippen molar-refractivity contribution in [1.82, 2.24) is 10.2 Å². The number of amides is 2. The van der Waals surface area contributed by atoms with Crippen molar-refractivity contribution in [2.24, 2.45) is 5.92 Å². The second kappa shape index (κ2) is 8.59. The third kappa shape index (κ3) is 5.00. The van der Waals surface area contributed by atoms with Crippen molar-refractivity contribution in [3.05, 3.63) is 34.9 Å². The van der Waals surface area contributed by atoms with Crippen LogP contribution in [0.3, 0.4) is 0 Å². The number of halogens is 1. The van der Waals surface area contributed by atoms with E-state index in [9.17, 15) is 9.59 Å². The van der Waals surface area contributed by atoms with Gasteiger partial charge in [-0.3, -0.25) is 9.59 Å². The summed E-state index contributed by atoms with van der Waals surface area (Å²) in [7, 11) is 0. The van der Waals surface area contributed by atoms with E-state index in [0.717, 1.165) is 0 Å². The van der Waals surface area contributed by atoms with Crippen molar-refractivity contribution in [3.63, 3.8) is 0 Å². The van der Waals surface area contributed by atoms with Gasteiger partial charge in [0.05, 0.1) is 13.2 Å². The number of carbonyl (C=O) groups is 2. The average Bonchev–Trinajstić information content (AvgIpc) is 3.09. The zero-order valence-electron chi connectivity index (χ0n) is 15.9. The molecule has 1 spiro atoms. The molecule has 0 saturated carbocycles. The summed E-state index contributed by atoms with van der Waals surface area (Å²) in [5.41, 5.74) is 0.492. The van der Waals surface area contributed by atoms with E-state index in [1.54, 1.807) is 24.3 Å². The molecule has 3 rings (SSSR count). The fourth-order valence-corrected chi connectivity index (χ4v) is 3.74. The molecule has 27 heavy (non-hydrogen) atoms. The highest BCUT2D eigenvalue weighted by Crippen LogP contribution is 2.31. The van der Waals surface area contributed by atoms with Crippen LogP contribution < -0.4 is 5.32 Å². The van der Waals surface area contributed by atoms with Gasteiger partial charge in [0.1, 0.15) is 6.04 Å². The molecule has 2 amide bonds. The molecule has 2 aliphatic rings. The van der Waals surface area contributed by atoms with E-state index in [1.165, 1.54) is 0 Å². The largest absolute Gasteiger partial charge is 0.347 e. The molecule has 2 aliphatic heterocycles. The van der Waals surface area contributed by atoms with Gasteiger partial charge >= 0.3 is 0 Å². The molecule has 1 N–H and O–H groups in total. The van der Waals surface area contributed by atoms with Crippen LogP contribution in [0.1, 0.15) is 43.5 Å². The number of hydrogen-bond acceptors (Lipinski definition) is 4. The number of nitrogens with zero attached hydrogens (tertiary/aromatic N) is 1. The summed E-state index contributed by atoms with van der Waals surface area (Å²) in [5.74, 6) is -0.542. The first-order valence-corrected chi connectivity index (χ1v) is 9.89. The van der Waals surface area contributed by atoms with E-state index < -0.39 is 11.8 Å². The summed E-state index contributed by atoms with van der Waals surface area (Å²) in [4.78, 5) is 27.5. The zero-order chi connectivity index (χ0) is 19.4. The van der Waals surface area contributed by atoms with Gasteiger partial charge in [-0.1, -0.05) is 25.4 Å². The van der Waals surface area contributed by atoms with Crippen LogP contribution in [-0.2, 0) is 14.3 Å². The van der Waals surface area contributed by atoms with Gasteiger partial charge in [-0.2, -0.15) is 0 Å². The van der Waals surface area contributed by atoms with Crippen LogP contribution in [0.15, 0.2) is 24.3 Å². The summed E-state index contributed by atoms with van der Waals surface area (Å²) in [6.45, 7) is 6.46. The molecule has 1 aromatic rings. The monoisotopic (exact) mass is 394 g/mol. The third-order valence-electron chi connectivity index (χ3n) is 5.07. The highest BCUT2D eigenvalue weighted by molar-refractivity contribution is 6.30. The minimum atomic E-state index is -0.548. The highest BCUT2D eigenvalue weighted by Gasteiger charge is 2.41. The SMILES string of the molecule is CC(C)CC(NC(=O)c1ccc(Cl)cc1)C(=O)N1CCC2(CC1)OCCO2. The van der Waals surface area contributed by atoms with Gasteiger partial charge in [-0.25, -0.2) is 0 Å².